The SMILES string of the molecule is O=C(Nc1ccn(Cc2ccncc2)n1)Nc1cc(Cl)ccc1Cl. The minimum absolute atomic E-state index is 0.401. The Morgan fingerprint density at radius 3 is 2.67 bits per heavy atom. The molecule has 0 aliphatic heterocycles. The van der Waals surface area contributed by atoms with E-state index < -0.39 is 6.03 Å². The number of hydrogen-bond acceptors (Lipinski definition) is 3. The molecule has 0 saturated heterocycles. The Hall–Kier alpha value is -2.57. The van der Waals surface area contributed by atoms with Crippen molar-refractivity contribution in [3.63, 3.8) is 0 Å². The number of nitrogens with zero attached hydrogens (tertiary/aromatic N) is 3. The maximum absolute atomic E-state index is 12.0. The van der Waals surface area contributed by atoms with Crippen molar-refractivity contribution in [1.82, 2.24) is 14.8 Å². The summed E-state index contributed by atoms with van der Waals surface area (Å²) >= 11 is 11.9. The van der Waals surface area contributed by atoms with Gasteiger partial charge in [-0.25, -0.2) is 4.79 Å². The molecule has 3 rings (SSSR count). The van der Waals surface area contributed by atoms with Crippen molar-refractivity contribution in [2.45, 2.75) is 6.54 Å². The number of amides is 2. The lowest BCUT2D eigenvalue weighted by molar-refractivity contribution is 0.262. The predicted octanol–water partition coefficient (Wildman–Crippen LogP) is 4.28. The molecule has 0 spiro atoms. The highest BCUT2D eigenvalue weighted by Crippen LogP contribution is 2.25. The number of anilines is 2. The summed E-state index contributed by atoms with van der Waals surface area (Å²) in [7, 11) is 0. The molecular weight excluding hydrogens is 349 g/mol. The predicted molar refractivity (Wildman–Crippen MR) is 94.7 cm³/mol. The second kappa shape index (κ2) is 7.33. The van der Waals surface area contributed by atoms with Crippen molar-refractivity contribution in [2.24, 2.45) is 0 Å². The van der Waals surface area contributed by atoms with Gasteiger partial charge in [-0.1, -0.05) is 23.2 Å². The molecule has 24 heavy (non-hydrogen) atoms. The van der Waals surface area contributed by atoms with Gasteiger partial charge >= 0.3 is 6.03 Å². The normalized spacial score (nSPS) is 10.4. The Kier molecular flexibility index (Phi) is 4.98. The molecule has 0 radical (unpaired) electrons. The Bertz CT molecular complexity index is 851. The van der Waals surface area contributed by atoms with Crippen molar-refractivity contribution < 1.29 is 4.79 Å². The van der Waals surface area contributed by atoms with Crippen LogP contribution in [-0.4, -0.2) is 20.8 Å². The van der Waals surface area contributed by atoms with Crippen LogP contribution < -0.4 is 10.6 Å². The Labute approximate surface area is 148 Å². The molecule has 2 N–H and O–H groups in total. The molecule has 1 aromatic carbocycles. The molecule has 6 nitrogen and oxygen atoms in total. The van der Waals surface area contributed by atoms with Crippen LogP contribution in [0.4, 0.5) is 16.3 Å². The summed E-state index contributed by atoms with van der Waals surface area (Å²) in [6.45, 7) is 0.589. The average Bonchev–Trinajstić information content (AvgIpc) is 2.98. The van der Waals surface area contributed by atoms with E-state index in [9.17, 15) is 4.79 Å². The van der Waals surface area contributed by atoms with E-state index in [1.165, 1.54) is 0 Å². The summed E-state index contributed by atoms with van der Waals surface area (Å²) in [5.74, 6) is 0.430. The van der Waals surface area contributed by atoms with E-state index >= 15 is 0 Å². The molecule has 0 fully saturated rings. The van der Waals surface area contributed by atoms with E-state index in [-0.39, 0.29) is 0 Å². The van der Waals surface area contributed by atoms with E-state index in [1.54, 1.807) is 47.5 Å². The van der Waals surface area contributed by atoms with Gasteiger partial charge in [0, 0.05) is 29.7 Å². The van der Waals surface area contributed by atoms with Crippen molar-refractivity contribution in [3.8, 4) is 0 Å². The maximum Gasteiger partial charge on any atom is 0.324 e. The number of benzene rings is 1. The first kappa shape index (κ1) is 16.3. The summed E-state index contributed by atoms with van der Waals surface area (Å²) in [4.78, 5) is 16.0. The van der Waals surface area contributed by atoms with Crippen molar-refractivity contribution >= 4 is 40.7 Å². The van der Waals surface area contributed by atoms with E-state index in [1.807, 2.05) is 12.1 Å². The number of nitrogens with one attached hydrogen (secondary N) is 2. The van der Waals surface area contributed by atoms with Crippen LogP contribution in [0.2, 0.25) is 10.0 Å². The molecule has 2 aromatic heterocycles. The number of pyridine rings is 1. The molecule has 0 atom stereocenters. The zero-order valence-corrected chi connectivity index (χ0v) is 13.9. The molecule has 0 aliphatic carbocycles. The fourth-order valence-electron chi connectivity index (χ4n) is 2.05. The molecule has 0 aliphatic rings. The molecule has 122 valence electrons. The van der Waals surface area contributed by atoms with E-state index in [4.69, 9.17) is 23.2 Å². The molecular formula is C16H13Cl2N5O. The molecule has 0 saturated carbocycles. The van der Waals surface area contributed by atoms with E-state index in [0.29, 0.717) is 28.1 Å². The lowest BCUT2D eigenvalue weighted by atomic mass is 10.3. The third-order valence-electron chi connectivity index (χ3n) is 3.15. The Morgan fingerprint density at radius 2 is 1.88 bits per heavy atom. The topological polar surface area (TPSA) is 71.8 Å². The summed E-state index contributed by atoms with van der Waals surface area (Å²) in [5, 5.41) is 10.5. The van der Waals surface area contributed by atoms with Crippen LogP contribution in [0.1, 0.15) is 5.56 Å². The minimum atomic E-state index is -0.451. The third-order valence-corrected chi connectivity index (χ3v) is 3.72. The fourth-order valence-corrected chi connectivity index (χ4v) is 2.39. The quantitative estimate of drug-likeness (QED) is 0.728. The van der Waals surface area contributed by atoms with Crippen molar-refractivity contribution in [1.29, 1.82) is 0 Å². The number of aromatic nitrogens is 3. The second-order valence-corrected chi connectivity index (χ2v) is 5.80. The van der Waals surface area contributed by atoms with E-state index in [0.717, 1.165) is 5.56 Å². The average molecular weight is 362 g/mol. The largest absolute Gasteiger partial charge is 0.324 e. The fraction of sp³-hybridized carbons (Fsp3) is 0.0625. The third kappa shape index (κ3) is 4.24. The molecule has 3 aromatic rings. The van der Waals surface area contributed by atoms with Crippen LogP contribution in [0.3, 0.4) is 0 Å². The Balaban J connectivity index is 1.62. The number of halogens is 2. The molecule has 0 unspecified atom stereocenters. The highest BCUT2D eigenvalue weighted by molar-refractivity contribution is 6.35. The van der Waals surface area contributed by atoms with Crippen molar-refractivity contribution in [2.75, 3.05) is 10.6 Å². The molecule has 2 heterocycles. The molecule has 2 amide bonds. The first-order valence-electron chi connectivity index (χ1n) is 7.05. The van der Waals surface area contributed by atoms with Gasteiger partial charge in [0.1, 0.15) is 0 Å². The standard InChI is InChI=1S/C16H13Cl2N5O/c17-12-1-2-13(18)14(9-12)20-16(24)21-15-5-8-23(22-15)10-11-3-6-19-7-4-11/h1-9H,10H2,(H2,20,21,22,24). The van der Waals surface area contributed by atoms with Gasteiger partial charge in [0.05, 0.1) is 17.3 Å². The van der Waals surface area contributed by atoms with E-state index in [2.05, 4.69) is 20.7 Å². The smallest absolute Gasteiger partial charge is 0.306 e. The molecule has 0 bridgehead atoms. The number of urea groups is 1. The highest BCUT2D eigenvalue weighted by atomic mass is 35.5. The maximum atomic E-state index is 12.0. The summed E-state index contributed by atoms with van der Waals surface area (Å²) in [6.07, 6.45) is 5.22. The zero-order chi connectivity index (χ0) is 16.9. The first-order valence-corrected chi connectivity index (χ1v) is 7.81. The molecule has 8 heteroatoms. The van der Waals surface area contributed by atoms with Gasteiger partial charge in [0.2, 0.25) is 0 Å². The summed E-state index contributed by atoms with van der Waals surface area (Å²) < 4.78 is 1.72. The van der Waals surface area contributed by atoms with Crippen LogP contribution in [0.25, 0.3) is 0 Å². The highest BCUT2D eigenvalue weighted by Gasteiger charge is 2.08. The number of carbonyl (C=O) groups excluding carboxylic acids is 1. The monoisotopic (exact) mass is 361 g/mol. The van der Waals surface area contributed by atoms with Gasteiger partial charge in [-0.05, 0) is 35.9 Å². The van der Waals surface area contributed by atoms with Gasteiger partial charge in [0.25, 0.3) is 0 Å². The van der Waals surface area contributed by atoms with Crippen LogP contribution in [0.5, 0.6) is 0 Å². The minimum Gasteiger partial charge on any atom is -0.306 e. The lowest BCUT2D eigenvalue weighted by Crippen LogP contribution is -2.20. The van der Waals surface area contributed by atoms with Gasteiger partial charge in [-0.2, -0.15) is 5.10 Å². The summed E-state index contributed by atoms with van der Waals surface area (Å²) in [5.41, 5.74) is 1.49. The first-order chi connectivity index (χ1) is 11.6. The van der Waals surface area contributed by atoms with Crippen LogP contribution >= 0.6 is 23.2 Å². The van der Waals surface area contributed by atoms with Crippen LogP contribution in [-0.2, 0) is 6.54 Å². The zero-order valence-electron chi connectivity index (χ0n) is 12.4. The summed E-state index contributed by atoms with van der Waals surface area (Å²) in [6, 6.07) is 9.90. The lowest BCUT2D eigenvalue weighted by Gasteiger charge is -2.08. The van der Waals surface area contributed by atoms with Crippen LogP contribution in [0.15, 0.2) is 55.0 Å². The van der Waals surface area contributed by atoms with Gasteiger partial charge in [0.15, 0.2) is 5.82 Å². The van der Waals surface area contributed by atoms with Gasteiger partial charge in [-0.15, -0.1) is 0 Å². The van der Waals surface area contributed by atoms with Gasteiger partial charge in [-0.3, -0.25) is 15.0 Å². The Morgan fingerprint density at radius 1 is 1.08 bits per heavy atom. The second-order valence-electron chi connectivity index (χ2n) is 4.96. The van der Waals surface area contributed by atoms with Gasteiger partial charge < -0.3 is 5.32 Å². The van der Waals surface area contributed by atoms with Crippen LogP contribution in [0, 0.1) is 0 Å². The number of carbonyl (C=O) groups is 1. The number of rotatable bonds is 4. The van der Waals surface area contributed by atoms with Crippen molar-refractivity contribution in [3.05, 3.63) is 70.6 Å². The number of hydrogen-bond donors (Lipinski definition) is 2.